The molecule has 0 radical (unpaired) electrons. The van der Waals surface area contributed by atoms with Gasteiger partial charge in [-0.15, -0.1) is 0 Å². The van der Waals surface area contributed by atoms with Gasteiger partial charge in [0.05, 0.1) is 11.4 Å². The van der Waals surface area contributed by atoms with E-state index in [2.05, 4.69) is 0 Å². The Morgan fingerprint density at radius 3 is 1.43 bits per heavy atom. The summed E-state index contributed by atoms with van der Waals surface area (Å²) < 4.78 is 0. The highest BCUT2D eigenvalue weighted by Crippen LogP contribution is 2.37. The fourth-order valence-corrected chi connectivity index (χ4v) is 2.69. The summed E-state index contributed by atoms with van der Waals surface area (Å²) in [5.41, 5.74) is -0.997. The minimum atomic E-state index is -2.06. The van der Waals surface area contributed by atoms with E-state index < -0.39 is 23.3 Å². The van der Waals surface area contributed by atoms with Gasteiger partial charge in [-0.3, -0.25) is 9.59 Å². The lowest BCUT2D eigenvalue weighted by atomic mass is 9.89. The number of rotatable bonds is 3. The van der Waals surface area contributed by atoms with Crippen molar-refractivity contribution in [1.82, 2.24) is 0 Å². The van der Waals surface area contributed by atoms with Gasteiger partial charge in [0.1, 0.15) is 0 Å². The lowest BCUT2D eigenvalue weighted by molar-refractivity contribution is -0.148. The molecule has 118 valence electrons. The fraction of sp³-hybridized carbons (Fsp3) is 0.222. The highest BCUT2D eigenvalue weighted by Gasteiger charge is 2.60. The summed E-state index contributed by atoms with van der Waals surface area (Å²) in [5.74, 6) is -1.80. The maximum atomic E-state index is 12.9. The Labute approximate surface area is 134 Å². The highest BCUT2D eigenvalue weighted by molar-refractivity contribution is 6.28. The summed E-state index contributed by atoms with van der Waals surface area (Å²) in [4.78, 5) is 25.8. The van der Waals surface area contributed by atoms with Gasteiger partial charge in [-0.25, -0.2) is 10.0 Å². The van der Waals surface area contributed by atoms with E-state index in [1.165, 1.54) is 10.0 Å². The van der Waals surface area contributed by atoms with Crippen molar-refractivity contribution >= 4 is 23.2 Å². The van der Waals surface area contributed by atoms with E-state index in [-0.39, 0.29) is 0 Å². The van der Waals surface area contributed by atoms with Gasteiger partial charge < -0.3 is 5.11 Å². The van der Waals surface area contributed by atoms with Gasteiger partial charge in [0.15, 0.2) is 0 Å². The summed E-state index contributed by atoms with van der Waals surface area (Å²) >= 11 is 0. The molecule has 0 spiro atoms. The standard InChI is InChI=1S/C18H18N2O3/c1-13(2)18(23)16(21)19(14-9-5-3-6-10-14)20(17(18)22)15-11-7-4-8-12-15/h3-13,23H,1-2H3. The number of benzene rings is 2. The Kier molecular flexibility index (Phi) is 3.66. The van der Waals surface area contributed by atoms with E-state index in [1.807, 2.05) is 12.1 Å². The molecule has 2 aromatic rings. The van der Waals surface area contributed by atoms with Crippen molar-refractivity contribution in [2.24, 2.45) is 5.92 Å². The van der Waals surface area contributed by atoms with Crippen molar-refractivity contribution < 1.29 is 14.7 Å². The number of carbonyl (C=O) groups is 2. The molecule has 0 saturated carbocycles. The molecule has 1 saturated heterocycles. The van der Waals surface area contributed by atoms with Crippen LogP contribution in [-0.2, 0) is 9.59 Å². The first-order valence-electron chi connectivity index (χ1n) is 7.49. The highest BCUT2D eigenvalue weighted by atomic mass is 16.3. The molecule has 0 aliphatic carbocycles. The predicted octanol–water partition coefficient (Wildman–Crippen LogP) is 2.37. The van der Waals surface area contributed by atoms with Crippen LogP contribution in [0.1, 0.15) is 13.8 Å². The Morgan fingerprint density at radius 2 is 1.13 bits per heavy atom. The van der Waals surface area contributed by atoms with Gasteiger partial charge in [-0.1, -0.05) is 50.2 Å². The summed E-state index contributed by atoms with van der Waals surface area (Å²) in [5, 5.41) is 13.3. The zero-order chi connectivity index (χ0) is 16.6. The van der Waals surface area contributed by atoms with Crippen LogP contribution in [0.25, 0.3) is 0 Å². The predicted molar refractivity (Wildman–Crippen MR) is 87.6 cm³/mol. The van der Waals surface area contributed by atoms with Crippen LogP contribution in [0.5, 0.6) is 0 Å². The van der Waals surface area contributed by atoms with Crippen LogP contribution in [0.4, 0.5) is 11.4 Å². The van der Waals surface area contributed by atoms with Crippen molar-refractivity contribution in [3.8, 4) is 0 Å². The minimum Gasteiger partial charge on any atom is -0.371 e. The third-order valence-electron chi connectivity index (χ3n) is 4.07. The molecule has 2 aromatic carbocycles. The number of hydrogen-bond acceptors (Lipinski definition) is 3. The SMILES string of the molecule is CC(C)C1(O)C(=O)N(c2ccccc2)N(c2ccccc2)C1=O. The summed E-state index contributed by atoms with van der Waals surface area (Å²) in [6, 6.07) is 17.7. The third-order valence-corrected chi connectivity index (χ3v) is 4.07. The Bertz CT molecular complexity index is 671. The van der Waals surface area contributed by atoms with Gasteiger partial charge in [-0.2, -0.15) is 0 Å². The second kappa shape index (κ2) is 5.52. The number of aliphatic hydroxyl groups is 1. The molecule has 1 aliphatic heterocycles. The molecule has 23 heavy (non-hydrogen) atoms. The van der Waals surface area contributed by atoms with Crippen molar-refractivity contribution in [3.63, 3.8) is 0 Å². The van der Waals surface area contributed by atoms with Crippen molar-refractivity contribution in [2.45, 2.75) is 19.4 Å². The molecule has 2 amide bonds. The molecule has 0 aromatic heterocycles. The molecule has 1 N–H and O–H groups in total. The van der Waals surface area contributed by atoms with Gasteiger partial charge in [0.25, 0.3) is 11.8 Å². The van der Waals surface area contributed by atoms with Crippen LogP contribution in [0.15, 0.2) is 60.7 Å². The zero-order valence-corrected chi connectivity index (χ0v) is 13.0. The van der Waals surface area contributed by atoms with E-state index >= 15 is 0 Å². The van der Waals surface area contributed by atoms with Crippen LogP contribution in [-0.4, -0.2) is 22.5 Å². The molecule has 0 atom stereocenters. The number of hydrazine groups is 1. The van der Waals surface area contributed by atoms with Gasteiger partial charge >= 0.3 is 0 Å². The van der Waals surface area contributed by atoms with Gasteiger partial charge in [0, 0.05) is 5.92 Å². The molecule has 1 fully saturated rings. The Hall–Kier alpha value is -2.66. The number of hydrogen-bond donors (Lipinski definition) is 1. The Morgan fingerprint density at radius 1 is 0.783 bits per heavy atom. The Balaban J connectivity index is 2.18. The van der Waals surface area contributed by atoms with Crippen LogP contribution < -0.4 is 10.0 Å². The van der Waals surface area contributed by atoms with Crippen LogP contribution >= 0.6 is 0 Å². The number of amides is 2. The van der Waals surface area contributed by atoms with Crippen LogP contribution in [0, 0.1) is 5.92 Å². The normalized spacial score (nSPS) is 17.2. The summed E-state index contributed by atoms with van der Waals surface area (Å²) in [6.45, 7) is 3.32. The lowest BCUT2D eigenvalue weighted by Crippen LogP contribution is -2.48. The number of para-hydroxylation sites is 2. The molecular formula is C18H18N2O3. The molecule has 5 heteroatoms. The second-order valence-corrected chi connectivity index (χ2v) is 5.83. The molecule has 0 bridgehead atoms. The van der Waals surface area contributed by atoms with Gasteiger partial charge in [-0.05, 0) is 24.3 Å². The topological polar surface area (TPSA) is 60.9 Å². The fourth-order valence-electron chi connectivity index (χ4n) is 2.69. The van der Waals surface area contributed by atoms with E-state index in [0.717, 1.165) is 0 Å². The van der Waals surface area contributed by atoms with E-state index in [9.17, 15) is 14.7 Å². The minimum absolute atomic E-state index is 0.534. The van der Waals surface area contributed by atoms with E-state index in [1.54, 1.807) is 62.4 Å². The molecule has 0 unspecified atom stereocenters. The average molecular weight is 310 g/mol. The van der Waals surface area contributed by atoms with Crippen molar-refractivity contribution in [3.05, 3.63) is 60.7 Å². The van der Waals surface area contributed by atoms with E-state index in [4.69, 9.17) is 0 Å². The average Bonchev–Trinajstić information content (AvgIpc) is 2.78. The van der Waals surface area contributed by atoms with E-state index in [0.29, 0.717) is 11.4 Å². The molecule has 5 nitrogen and oxygen atoms in total. The first-order valence-corrected chi connectivity index (χ1v) is 7.49. The quantitative estimate of drug-likeness (QED) is 0.885. The van der Waals surface area contributed by atoms with Crippen LogP contribution in [0.3, 0.4) is 0 Å². The maximum Gasteiger partial charge on any atom is 0.288 e. The second-order valence-electron chi connectivity index (χ2n) is 5.83. The van der Waals surface area contributed by atoms with Crippen LogP contribution in [0.2, 0.25) is 0 Å². The molecule has 1 aliphatic rings. The number of nitrogens with zero attached hydrogens (tertiary/aromatic N) is 2. The lowest BCUT2D eigenvalue weighted by Gasteiger charge is -2.27. The monoisotopic (exact) mass is 310 g/mol. The molecule has 1 heterocycles. The zero-order valence-electron chi connectivity index (χ0n) is 13.0. The molecular weight excluding hydrogens is 292 g/mol. The first-order chi connectivity index (χ1) is 11.0. The first kappa shape index (κ1) is 15.2. The number of carbonyl (C=O) groups excluding carboxylic acids is 2. The molecule has 3 rings (SSSR count). The smallest absolute Gasteiger partial charge is 0.288 e. The number of anilines is 2. The summed E-state index contributed by atoms with van der Waals surface area (Å²) in [6.07, 6.45) is 0. The maximum absolute atomic E-state index is 12.9. The summed E-state index contributed by atoms with van der Waals surface area (Å²) in [7, 11) is 0. The van der Waals surface area contributed by atoms with Crippen molar-refractivity contribution in [2.75, 3.05) is 10.0 Å². The van der Waals surface area contributed by atoms with Crippen molar-refractivity contribution in [1.29, 1.82) is 0 Å². The third kappa shape index (κ3) is 2.21. The largest absolute Gasteiger partial charge is 0.371 e. The van der Waals surface area contributed by atoms with Gasteiger partial charge in [0.2, 0.25) is 5.60 Å².